The van der Waals surface area contributed by atoms with Crippen LogP contribution in [0.3, 0.4) is 0 Å². The van der Waals surface area contributed by atoms with E-state index in [1.165, 1.54) is 0 Å². The Kier molecular flexibility index (Phi) is 8.77. The third kappa shape index (κ3) is 6.29. The van der Waals surface area contributed by atoms with E-state index in [4.69, 9.17) is 18.9 Å². The maximum Gasteiger partial charge on any atom is 0.269 e. The van der Waals surface area contributed by atoms with Crippen LogP contribution in [0, 0.1) is 0 Å². The van der Waals surface area contributed by atoms with E-state index in [-0.39, 0.29) is 5.56 Å². The monoisotopic (exact) mass is 457 g/mol. The van der Waals surface area contributed by atoms with Crippen LogP contribution in [-0.4, -0.2) is 57.9 Å². The fourth-order valence-corrected chi connectivity index (χ4v) is 3.42. The molecule has 2 N–H and O–H groups in total. The first-order valence-electron chi connectivity index (χ1n) is 11.2. The van der Waals surface area contributed by atoms with Crippen LogP contribution in [-0.2, 0) is 4.74 Å². The van der Waals surface area contributed by atoms with Crippen LogP contribution < -0.4 is 30.0 Å². The number of hydrogen-bond acceptors (Lipinski definition) is 7. The van der Waals surface area contributed by atoms with E-state index >= 15 is 0 Å². The molecular formula is C24H31N3O6. The quantitative estimate of drug-likeness (QED) is 0.559. The Morgan fingerprint density at radius 1 is 0.818 bits per heavy atom. The second-order valence-electron chi connectivity index (χ2n) is 7.16. The Labute approximate surface area is 193 Å². The highest BCUT2D eigenvalue weighted by atomic mass is 16.5. The van der Waals surface area contributed by atoms with Crippen molar-refractivity contribution in [1.29, 1.82) is 0 Å². The van der Waals surface area contributed by atoms with Crippen molar-refractivity contribution in [3.8, 4) is 17.2 Å². The average Bonchev–Trinajstić information content (AvgIpc) is 2.85. The van der Waals surface area contributed by atoms with E-state index in [1.807, 2.05) is 32.9 Å². The van der Waals surface area contributed by atoms with Crippen LogP contribution >= 0.6 is 0 Å². The number of rotatable bonds is 9. The summed E-state index contributed by atoms with van der Waals surface area (Å²) in [5.74, 6) is 0.333. The maximum atomic E-state index is 12.7. The number of hydrogen-bond donors (Lipinski definition) is 2. The van der Waals surface area contributed by atoms with E-state index in [1.54, 1.807) is 24.3 Å². The molecule has 1 fully saturated rings. The molecular weight excluding hydrogens is 426 g/mol. The van der Waals surface area contributed by atoms with Crippen LogP contribution in [0.4, 0.5) is 5.69 Å². The molecule has 9 heteroatoms. The lowest BCUT2D eigenvalue weighted by atomic mass is 10.1. The van der Waals surface area contributed by atoms with Crippen molar-refractivity contribution >= 4 is 17.5 Å². The topological polar surface area (TPSA) is 98.4 Å². The minimum Gasteiger partial charge on any atom is -0.490 e. The summed E-state index contributed by atoms with van der Waals surface area (Å²) in [6, 6.07) is 10.4. The number of ether oxygens (including phenoxy) is 4. The molecule has 0 aromatic heterocycles. The van der Waals surface area contributed by atoms with Crippen molar-refractivity contribution in [2.45, 2.75) is 20.8 Å². The van der Waals surface area contributed by atoms with Crippen molar-refractivity contribution in [2.75, 3.05) is 51.0 Å². The summed E-state index contributed by atoms with van der Waals surface area (Å²) in [5, 5.41) is 0. The third-order valence-corrected chi connectivity index (χ3v) is 4.97. The minimum atomic E-state index is -0.502. The smallest absolute Gasteiger partial charge is 0.269 e. The molecule has 1 aliphatic heterocycles. The summed E-state index contributed by atoms with van der Waals surface area (Å²) in [5.41, 5.74) is 6.64. The SMILES string of the molecule is CCOc1cc(C(=O)NNC(=O)c2ccc(N3CCOCC3)cc2)cc(OCC)c1OCC. The van der Waals surface area contributed by atoms with E-state index < -0.39 is 11.8 Å². The lowest BCUT2D eigenvalue weighted by molar-refractivity contribution is 0.0846. The highest BCUT2D eigenvalue weighted by Crippen LogP contribution is 2.39. The van der Waals surface area contributed by atoms with E-state index in [9.17, 15) is 9.59 Å². The second kappa shape index (κ2) is 12.0. The van der Waals surface area contributed by atoms with Gasteiger partial charge in [0.1, 0.15) is 0 Å². The van der Waals surface area contributed by atoms with Gasteiger partial charge in [-0.3, -0.25) is 20.4 Å². The maximum absolute atomic E-state index is 12.7. The lowest BCUT2D eigenvalue weighted by Crippen LogP contribution is -2.41. The Balaban J connectivity index is 1.67. The molecule has 2 aromatic carbocycles. The van der Waals surface area contributed by atoms with Gasteiger partial charge in [-0.1, -0.05) is 0 Å². The molecule has 0 saturated carbocycles. The highest BCUT2D eigenvalue weighted by molar-refractivity contribution is 5.99. The number of carbonyl (C=O) groups excluding carboxylic acids is 2. The van der Waals surface area contributed by atoms with Crippen LogP contribution in [0.1, 0.15) is 41.5 Å². The van der Waals surface area contributed by atoms with Gasteiger partial charge in [0.15, 0.2) is 11.5 Å². The largest absolute Gasteiger partial charge is 0.490 e. The Morgan fingerprint density at radius 3 is 1.85 bits per heavy atom. The molecule has 0 unspecified atom stereocenters. The van der Waals surface area contributed by atoms with Gasteiger partial charge in [-0.05, 0) is 57.2 Å². The van der Waals surface area contributed by atoms with Gasteiger partial charge in [0, 0.05) is 29.9 Å². The molecule has 2 aromatic rings. The number of anilines is 1. The zero-order valence-corrected chi connectivity index (χ0v) is 19.3. The first kappa shape index (κ1) is 24.2. The van der Waals surface area contributed by atoms with Crippen molar-refractivity contribution in [1.82, 2.24) is 10.9 Å². The zero-order valence-electron chi connectivity index (χ0n) is 19.3. The number of nitrogens with one attached hydrogen (secondary N) is 2. The number of carbonyl (C=O) groups is 2. The van der Waals surface area contributed by atoms with Crippen molar-refractivity contribution in [3.63, 3.8) is 0 Å². The summed E-state index contributed by atoms with van der Waals surface area (Å²) >= 11 is 0. The van der Waals surface area contributed by atoms with E-state index in [0.29, 0.717) is 55.8 Å². The van der Waals surface area contributed by atoms with Crippen molar-refractivity contribution in [2.24, 2.45) is 0 Å². The summed E-state index contributed by atoms with van der Waals surface area (Å²) < 4.78 is 22.3. The summed E-state index contributed by atoms with van der Waals surface area (Å²) in [6.07, 6.45) is 0. The standard InChI is InChI=1S/C24H31N3O6/c1-4-31-20-15-18(16-21(32-5-2)22(20)33-6-3)24(29)26-25-23(28)17-7-9-19(10-8-17)27-11-13-30-14-12-27/h7-10,15-16H,4-6,11-14H2,1-3H3,(H,25,28)(H,26,29). The molecule has 1 aliphatic rings. The first-order chi connectivity index (χ1) is 16.1. The number of benzene rings is 2. The molecule has 1 saturated heterocycles. The van der Waals surface area contributed by atoms with Crippen LogP contribution in [0.5, 0.6) is 17.2 Å². The molecule has 3 rings (SSSR count). The number of nitrogens with zero attached hydrogens (tertiary/aromatic N) is 1. The number of morpholine rings is 1. The molecule has 1 heterocycles. The van der Waals surface area contributed by atoms with Crippen LogP contribution in [0.2, 0.25) is 0 Å². The summed E-state index contributed by atoms with van der Waals surface area (Å²) in [6.45, 7) is 9.77. The van der Waals surface area contributed by atoms with Gasteiger partial charge in [0.25, 0.3) is 11.8 Å². The molecule has 0 aliphatic carbocycles. The molecule has 9 nitrogen and oxygen atoms in total. The van der Waals surface area contributed by atoms with Gasteiger partial charge in [0.05, 0.1) is 33.0 Å². The van der Waals surface area contributed by atoms with Gasteiger partial charge in [0.2, 0.25) is 5.75 Å². The van der Waals surface area contributed by atoms with Crippen LogP contribution in [0.15, 0.2) is 36.4 Å². The van der Waals surface area contributed by atoms with Gasteiger partial charge < -0.3 is 23.8 Å². The number of amides is 2. The fourth-order valence-electron chi connectivity index (χ4n) is 3.42. The highest BCUT2D eigenvalue weighted by Gasteiger charge is 2.19. The molecule has 33 heavy (non-hydrogen) atoms. The normalized spacial score (nSPS) is 13.2. The Morgan fingerprint density at radius 2 is 1.33 bits per heavy atom. The first-order valence-corrected chi connectivity index (χ1v) is 11.2. The zero-order chi connectivity index (χ0) is 23.6. The average molecular weight is 458 g/mol. The van der Waals surface area contributed by atoms with Gasteiger partial charge in [-0.25, -0.2) is 0 Å². The molecule has 2 amide bonds. The summed E-state index contributed by atoms with van der Waals surface area (Å²) in [7, 11) is 0. The lowest BCUT2D eigenvalue weighted by Gasteiger charge is -2.28. The van der Waals surface area contributed by atoms with Crippen molar-refractivity contribution < 1.29 is 28.5 Å². The van der Waals surface area contributed by atoms with Crippen molar-refractivity contribution in [3.05, 3.63) is 47.5 Å². The van der Waals surface area contributed by atoms with Gasteiger partial charge in [-0.2, -0.15) is 0 Å². The molecule has 0 radical (unpaired) electrons. The third-order valence-electron chi connectivity index (χ3n) is 4.97. The van der Waals surface area contributed by atoms with E-state index in [0.717, 1.165) is 18.8 Å². The molecule has 0 bridgehead atoms. The molecule has 0 atom stereocenters. The Bertz CT molecular complexity index is 915. The van der Waals surface area contributed by atoms with Gasteiger partial charge in [-0.15, -0.1) is 0 Å². The molecule has 178 valence electrons. The predicted octanol–water partition coefficient (Wildman–Crippen LogP) is 2.79. The summed E-state index contributed by atoms with van der Waals surface area (Å²) in [4.78, 5) is 27.4. The fraction of sp³-hybridized carbons (Fsp3) is 0.417. The minimum absolute atomic E-state index is 0.272. The second-order valence-corrected chi connectivity index (χ2v) is 7.16. The van der Waals surface area contributed by atoms with Gasteiger partial charge >= 0.3 is 0 Å². The number of hydrazine groups is 1. The van der Waals surface area contributed by atoms with Crippen LogP contribution in [0.25, 0.3) is 0 Å². The van der Waals surface area contributed by atoms with E-state index in [2.05, 4.69) is 15.8 Å². The molecule has 0 spiro atoms. The Hall–Kier alpha value is -3.46. The predicted molar refractivity (Wildman–Crippen MR) is 124 cm³/mol.